The molecule has 20 heavy (non-hydrogen) atoms. The second-order valence-corrected chi connectivity index (χ2v) is 5.45. The van der Waals surface area contributed by atoms with E-state index in [9.17, 15) is 0 Å². The Morgan fingerprint density at radius 2 is 2.10 bits per heavy atom. The molecule has 2 aromatic rings. The van der Waals surface area contributed by atoms with Gasteiger partial charge in [-0.3, -0.25) is 4.98 Å². The van der Waals surface area contributed by atoms with Gasteiger partial charge in [-0.15, -0.1) is 0 Å². The highest BCUT2D eigenvalue weighted by molar-refractivity contribution is 5.57. The first kappa shape index (κ1) is 13.2. The molecule has 1 saturated heterocycles. The van der Waals surface area contributed by atoms with Crippen LogP contribution in [-0.2, 0) is 6.42 Å². The smallest absolute Gasteiger partial charge is 0.129 e. The van der Waals surface area contributed by atoms with Gasteiger partial charge >= 0.3 is 0 Å². The first-order chi connectivity index (χ1) is 9.81. The van der Waals surface area contributed by atoms with Crippen molar-refractivity contribution in [2.45, 2.75) is 26.2 Å². The van der Waals surface area contributed by atoms with Crippen LogP contribution in [0, 0.1) is 12.8 Å². The first-order valence-corrected chi connectivity index (χ1v) is 7.27. The van der Waals surface area contributed by atoms with Crippen LogP contribution < -0.4 is 5.32 Å². The predicted octanol–water partition coefficient (Wildman–Crippen LogP) is 2.39. The molecule has 0 spiro atoms. The fourth-order valence-electron chi connectivity index (χ4n) is 2.73. The SMILES string of the molecule is Cc1cc(-c2cccnc2)nc(CC2CCNCC2)n1. The van der Waals surface area contributed by atoms with Crippen molar-refractivity contribution in [2.24, 2.45) is 5.92 Å². The Morgan fingerprint density at radius 1 is 1.25 bits per heavy atom. The Labute approximate surface area is 119 Å². The molecular weight excluding hydrogens is 248 g/mol. The summed E-state index contributed by atoms with van der Waals surface area (Å²) < 4.78 is 0. The van der Waals surface area contributed by atoms with Crippen LogP contribution in [0.4, 0.5) is 0 Å². The zero-order chi connectivity index (χ0) is 13.8. The highest BCUT2D eigenvalue weighted by Gasteiger charge is 2.15. The Balaban J connectivity index is 1.83. The highest BCUT2D eigenvalue weighted by Crippen LogP contribution is 2.20. The van der Waals surface area contributed by atoms with Crippen LogP contribution in [0.3, 0.4) is 0 Å². The van der Waals surface area contributed by atoms with Crippen molar-refractivity contribution in [3.8, 4) is 11.3 Å². The molecule has 1 aliphatic rings. The standard InChI is InChI=1S/C16H20N4/c1-12-9-15(14-3-2-6-18-11-14)20-16(19-12)10-13-4-7-17-8-5-13/h2-3,6,9,11,13,17H,4-5,7-8,10H2,1H3. The maximum absolute atomic E-state index is 4.73. The molecule has 3 heterocycles. The van der Waals surface area contributed by atoms with Gasteiger partial charge in [0, 0.05) is 30.1 Å². The molecule has 0 unspecified atom stereocenters. The number of rotatable bonds is 3. The summed E-state index contributed by atoms with van der Waals surface area (Å²) in [6, 6.07) is 6.02. The third-order valence-corrected chi connectivity index (χ3v) is 3.79. The minimum atomic E-state index is 0.708. The van der Waals surface area contributed by atoms with E-state index in [4.69, 9.17) is 4.98 Å². The van der Waals surface area contributed by atoms with Gasteiger partial charge in [0.15, 0.2) is 0 Å². The van der Waals surface area contributed by atoms with Gasteiger partial charge in [-0.05, 0) is 57.0 Å². The maximum atomic E-state index is 4.73. The fraction of sp³-hybridized carbons (Fsp3) is 0.438. The van der Waals surface area contributed by atoms with Gasteiger partial charge in [0.1, 0.15) is 5.82 Å². The van der Waals surface area contributed by atoms with E-state index in [1.807, 2.05) is 31.3 Å². The quantitative estimate of drug-likeness (QED) is 0.928. The molecule has 0 amide bonds. The largest absolute Gasteiger partial charge is 0.317 e. The van der Waals surface area contributed by atoms with Crippen molar-refractivity contribution in [2.75, 3.05) is 13.1 Å². The van der Waals surface area contributed by atoms with Crippen molar-refractivity contribution < 1.29 is 0 Å². The van der Waals surface area contributed by atoms with Crippen molar-refractivity contribution in [1.29, 1.82) is 0 Å². The molecular formula is C16H20N4. The third-order valence-electron chi connectivity index (χ3n) is 3.79. The first-order valence-electron chi connectivity index (χ1n) is 7.27. The summed E-state index contributed by atoms with van der Waals surface area (Å²) in [5.41, 5.74) is 3.07. The molecule has 2 aromatic heterocycles. The van der Waals surface area contributed by atoms with Crippen LogP contribution >= 0.6 is 0 Å². The van der Waals surface area contributed by atoms with Crippen LogP contribution in [-0.4, -0.2) is 28.0 Å². The summed E-state index contributed by atoms with van der Waals surface area (Å²) in [6.45, 7) is 4.27. The number of nitrogens with zero attached hydrogens (tertiary/aromatic N) is 3. The molecule has 0 radical (unpaired) electrons. The lowest BCUT2D eigenvalue weighted by molar-refractivity contribution is 0.367. The number of aromatic nitrogens is 3. The molecule has 0 aliphatic carbocycles. The molecule has 104 valence electrons. The second-order valence-electron chi connectivity index (χ2n) is 5.45. The molecule has 0 saturated carbocycles. The van der Waals surface area contributed by atoms with Gasteiger partial charge < -0.3 is 5.32 Å². The van der Waals surface area contributed by atoms with Crippen molar-refractivity contribution in [3.63, 3.8) is 0 Å². The Kier molecular flexibility index (Phi) is 4.02. The molecule has 4 heteroatoms. The summed E-state index contributed by atoms with van der Waals surface area (Å²) in [4.78, 5) is 13.5. The van der Waals surface area contributed by atoms with E-state index >= 15 is 0 Å². The van der Waals surface area contributed by atoms with Crippen molar-refractivity contribution in [1.82, 2.24) is 20.3 Å². The monoisotopic (exact) mass is 268 g/mol. The van der Waals surface area contributed by atoms with Gasteiger partial charge in [0.05, 0.1) is 5.69 Å². The van der Waals surface area contributed by atoms with Crippen LogP contribution in [0.2, 0.25) is 0 Å². The second kappa shape index (κ2) is 6.09. The molecule has 4 nitrogen and oxygen atoms in total. The van der Waals surface area contributed by atoms with E-state index in [-0.39, 0.29) is 0 Å². The lowest BCUT2D eigenvalue weighted by Crippen LogP contribution is -2.29. The number of pyridine rings is 1. The molecule has 3 rings (SSSR count). The molecule has 1 N–H and O–H groups in total. The van der Waals surface area contributed by atoms with E-state index in [1.54, 1.807) is 6.20 Å². The topological polar surface area (TPSA) is 50.7 Å². The van der Waals surface area contributed by atoms with Gasteiger partial charge in [0.25, 0.3) is 0 Å². The zero-order valence-electron chi connectivity index (χ0n) is 11.8. The summed E-state index contributed by atoms with van der Waals surface area (Å²) in [5, 5.41) is 3.40. The molecule has 0 bridgehead atoms. The maximum Gasteiger partial charge on any atom is 0.129 e. The van der Waals surface area contributed by atoms with Crippen LogP contribution in [0.15, 0.2) is 30.6 Å². The van der Waals surface area contributed by atoms with Gasteiger partial charge in [-0.2, -0.15) is 0 Å². The molecule has 0 aromatic carbocycles. The number of hydrogen-bond acceptors (Lipinski definition) is 4. The minimum absolute atomic E-state index is 0.708. The predicted molar refractivity (Wildman–Crippen MR) is 79.3 cm³/mol. The number of aryl methyl sites for hydroxylation is 1. The lowest BCUT2D eigenvalue weighted by atomic mass is 9.94. The summed E-state index contributed by atoms with van der Waals surface area (Å²) in [5.74, 6) is 1.68. The molecule has 1 fully saturated rings. The van der Waals surface area contributed by atoms with Crippen LogP contribution in [0.5, 0.6) is 0 Å². The Hall–Kier alpha value is -1.81. The number of hydrogen-bond donors (Lipinski definition) is 1. The lowest BCUT2D eigenvalue weighted by Gasteiger charge is -2.22. The fourth-order valence-corrected chi connectivity index (χ4v) is 2.73. The van der Waals surface area contributed by atoms with E-state index < -0.39 is 0 Å². The number of nitrogens with one attached hydrogen (secondary N) is 1. The average Bonchev–Trinajstić information content (AvgIpc) is 2.49. The Morgan fingerprint density at radius 3 is 2.85 bits per heavy atom. The summed E-state index contributed by atoms with van der Waals surface area (Å²) >= 11 is 0. The van der Waals surface area contributed by atoms with E-state index in [1.165, 1.54) is 12.8 Å². The van der Waals surface area contributed by atoms with E-state index in [0.29, 0.717) is 5.92 Å². The number of piperidine rings is 1. The normalized spacial score (nSPS) is 16.2. The third kappa shape index (κ3) is 3.20. The van der Waals surface area contributed by atoms with E-state index in [0.717, 1.165) is 42.3 Å². The van der Waals surface area contributed by atoms with E-state index in [2.05, 4.69) is 15.3 Å². The average molecular weight is 268 g/mol. The minimum Gasteiger partial charge on any atom is -0.317 e. The van der Waals surface area contributed by atoms with Crippen LogP contribution in [0.25, 0.3) is 11.3 Å². The highest BCUT2D eigenvalue weighted by atomic mass is 14.9. The van der Waals surface area contributed by atoms with Gasteiger partial charge in [-0.25, -0.2) is 9.97 Å². The van der Waals surface area contributed by atoms with Crippen molar-refractivity contribution >= 4 is 0 Å². The summed E-state index contributed by atoms with van der Waals surface area (Å²) in [6.07, 6.45) is 7.07. The molecule has 1 aliphatic heterocycles. The van der Waals surface area contributed by atoms with Gasteiger partial charge in [-0.1, -0.05) is 0 Å². The Bertz CT molecular complexity index is 562. The van der Waals surface area contributed by atoms with Gasteiger partial charge in [0.2, 0.25) is 0 Å². The summed E-state index contributed by atoms with van der Waals surface area (Å²) in [7, 11) is 0. The van der Waals surface area contributed by atoms with Crippen LogP contribution in [0.1, 0.15) is 24.4 Å². The zero-order valence-corrected chi connectivity index (χ0v) is 11.8. The van der Waals surface area contributed by atoms with Crippen molar-refractivity contribution in [3.05, 3.63) is 42.1 Å². The molecule has 0 atom stereocenters.